The molecular weight excluding hydrogens is 424 g/mol. The highest BCUT2D eigenvalue weighted by Crippen LogP contribution is 2.37. The van der Waals surface area contributed by atoms with Crippen LogP contribution in [0.2, 0.25) is 0 Å². The number of aromatic nitrogens is 1. The van der Waals surface area contributed by atoms with E-state index in [9.17, 15) is 14.9 Å². The van der Waals surface area contributed by atoms with E-state index >= 15 is 0 Å². The molecule has 144 valence electrons. The molecule has 1 heterocycles. The molecule has 0 aliphatic carbocycles. The van der Waals surface area contributed by atoms with Gasteiger partial charge >= 0.3 is 11.7 Å². The number of hydrogen-bond acceptors (Lipinski definition) is 8. The lowest BCUT2D eigenvalue weighted by Gasteiger charge is -2.14. The molecule has 0 N–H and O–H groups in total. The molecule has 0 saturated carbocycles. The Morgan fingerprint density at radius 1 is 1.37 bits per heavy atom. The van der Waals surface area contributed by atoms with Crippen LogP contribution in [0.4, 0.5) is 5.69 Å². The lowest BCUT2D eigenvalue weighted by Crippen LogP contribution is -2.13. The number of carbonyl (C=O) groups excluding carboxylic acids is 1. The first kappa shape index (κ1) is 20.4. The predicted molar refractivity (Wildman–Crippen MR) is 99.6 cm³/mol. The smallest absolute Gasteiger partial charge is 0.343 e. The fraction of sp³-hybridized carbons (Fsp3) is 0.294. The van der Waals surface area contributed by atoms with Crippen LogP contribution in [0.15, 0.2) is 21.1 Å². The van der Waals surface area contributed by atoms with Gasteiger partial charge in [0.15, 0.2) is 23.8 Å². The van der Waals surface area contributed by atoms with Gasteiger partial charge in [0.25, 0.3) is 0 Å². The van der Waals surface area contributed by atoms with Crippen molar-refractivity contribution in [2.24, 2.45) is 0 Å². The zero-order valence-corrected chi connectivity index (χ0v) is 16.4. The molecule has 0 spiro atoms. The Labute approximate surface area is 163 Å². The van der Waals surface area contributed by atoms with Crippen molar-refractivity contribution in [3.05, 3.63) is 43.7 Å². The van der Waals surface area contributed by atoms with E-state index in [-0.39, 0.29) is 23.7 Å². The van der Waals surface area contributed by atoms with Gasteiger partial charge in [-0.3, -0.25) is 10.1 Å². The van der Waals surface area contributed by atoms with E-state index in [2.05, 4.69) is 25.8 Å². The summed E-state index contributed by atoms with van der Waals surface area (Å²) in [6, 6.07) is 3.38. The number of nitrogens with zero attached hydrogens (tertiary/aromatic N) is 2. The van der Waals surface area contributed by atoms with Crippen molar-refractivity contribution in [1.82, 2.24) is 5.16 Å². The number of aryl methyl sites for hydroxylation is 1. The summed E-state index contributed by atoms with van der Waals surface area (Å²) in [5.74, 6) is 0.262. The second-order valence-corrected chi connectivity index (χ2v) is 6.05. The summed E-state index contributed by atoms with van der Waals surface area (Å²) in [5, 5.41) is 14.7. The molecule has 0 aliphatic heterocycles. The Hall–Kier alpha value is -2.88. The minimum absolute atomic E-state index is 0.0394. The van der Waals surface area contributed by atoms with Crippen molar-refractivity contribution >= 4 is 39.7 Å². The first-order chi connectivity index (χ1) is 12.9. The average Bonchev–Trinajstić information content (AvgIpc) is 3.00. The summed E-state index contributed by atoms with van der Waals surface area (Å²) in [4.78, 5) is 21.8. The number of methoxy groups -OCH3 is 1. The molecule has 2 rings (SSSR count). The third-order valence-electron chi connectivity index (χ3n) is 3.36. The molecule has 27 heavy (non-hydrogen) atoms. The highest BCUT2D eigenvalue weighted by molar-refractivity contribution is 9.10. The van der Waals surface area contributed by atoms with Crippen molar-refractivity contribution in [2.75, 3.05) is 20.3 Å². The van der Waals surface area contributed by atoms with E-state index in [0.717, 1.165) is 0 Å². The van der Waals surface area contributed by atoms with Crippen molar-refractivity contribution in [2.45, 2.75) is 13.8 Å². The number of esters is 1. The molecule has 0 radical (unpaired) electrons. The van der Waals surface area contributed by atoms with Crippen molar-refractivity contribution in [1.29, 1.82) is 0 Å². The van der Waals surface area contributed by atoms with Gasteiger partial charge in [0.1, 0.15) is 0 Å². The number of benzene rings is 1. The molecule has 9 nitrogen and oxygen atoms in total. The van der Waals surface area contributed by atoms with E-state index in [1.54, 1.807) is 25.1 Å². The van der Waals surface area contributed by atoms with Crippen LogP contribution in [0.1, 0.15) is 23.9 Å². The van der Waals surface area contributed by atoms with Crippen molar-refractivity contribution in [3.8, 4) is 11.5 Å². The molecule has 0 unspecified atom stereocenters. The second kappa shape index (κ2) is 9.17. The topological polar surface area (TPSA) is 114 Å². The normalized spacial score (nSPS) is 10.8. The van der Waals surface area contributed by atoms with E-state index in [0.29, 0.717) is 28.1 Å². The standard InChI is InChI=1S/C17H17BrN2O7/c1-4-25-14-8-11(7-12(18)17(14)26-9-15(21)24-3)5-6-13-16(20(22)23)10(2)19-27-13/h5-8H,4,9H2,1-3H3/b6-5+. The number of ether oxygens (including phenoxy) is 3. The van der Waals surface area contributed by atoms with Crippen LogP contribution in [-0.4, -0.2) is 36.4 Å². The van der Waals surface area contributed by atoms with E-state index in [1.807, 2.05) is 0 Å². The van der Waals surface area contributed by atoms with Crippen LogP contribution in [0.5, 0.6) is 11.5 Å². The minimum Gasteiger partial charge on any atom is -0.490 e. The van der Waals surface area contributed by atoms with Gasteiger partial charge in [0.2, 0.25) is 5.76 Å². The van der Waals surface area contributed by atoms with Crippen LogP contribution < -0.4 is 9.47 Å². The molecule has 0 atom stereocenters. The number of rotatable bonds is 8. The average molecular weight is 441 g/mol. The zero-order valence-electron chi connectivity index (χ0n) is 14.9. The molecule has 0 aliphatic rings. The SMILES string of the molecule is CCOc1cc(/C=C/c2onc(C)c2[N+](=O)[O-])cc(Br)c1OCC(=O)OC. The fourth-order valence-corrected chi connectivity index (χ4v) is 2.74. The first-order valence-electron chi connectivity index (χ1n) is 7.82. The molecule has 2 aromatic rings. The van der Waals surface area contributed by atoms with Gasteiger partial charge in [0, 0.05) is 0 Å². The van der Waals surface area contributed by atoms with Crippen molar-refractivity contribution in [3.63, 3.8) is 0 Å². The second-order valence-electron chi connectivity index (χ2n) is 5.20. The van der Waals surface area contributed by atoms with E-state index in [1.165, 1.54) is 20.1 Å². The monoisotopic (exact) mass is 440 g/mol. The van der Waals surface area contributed by atoms with E-state index in [4.69, 9.17) is 14.0 Å². The highest BCUT2D eigenvalue weighted by Gasteiger charge is 2.22. The molecule has 0 fully saturated rings. The Bertz CT molecular complexity index is 876. The number of hydrogen-bond donors (Lipinski definition) is 0. The summed E-state index contributed by atoms with van der Waals surface area (Å²) >= 11 is 3.37. The number of nitro groups is 1. The summed E-state index contributed by atoms with van der Waals surface area (Å²) < 4.78 is 21.1. The Kier molecular flexibility index (Phi) is 6.94. The van der Waals surface area contributed by atoms with Crippen LogP contribution in [-0.2, 0) is 9.53 Å². The maximum absolute atomic E-state index is 11.3. The third kappa shape index (κ3) is 5.07. The molecular formula is C17H17BrN2O7. The maximum atomic E-state index is 11.3. The quantitative estimate of drug-likeness (QED) is 0.346. The number of halogens is 1. The predicted octanol–water partition coefficient (Wildman–Crippen LogP) is 3.77. The molecule has 0 amide bonds. The van der Waals surface area contributed by atoms with Crippen LogP contribution in [0, 0.1) is 17.0 Å². The lowest BCUT2D eigenvalue weighted by atomic mass is 10.1. The first-order valence-corrected chi connectivity index (χ1v) is 8.61. The van der Waals surface area contributed by atoms with Gasteiger partial charge in [-0.2, -0.15) is 0 Å². The maximum Gasteiger partial charge on any atom is 0.343 e. The van der Waals surface area contributed by atoms with Crippen LogP contribution in [0.3, 0.4) is 0 Å². The van der Waals surface area contributed by atoms with E-state index < -0.39 is 10.9 Å². The van der Waals surface area contributed by atoms with Gasteiger partial charge in [0.05, 0.1) is 23.1 Å². The Morgan fingerprint density at radius 3 is 2.74 bits per heavy atom. The van der Waals surface area contributed by atoms with Crippen molar-refractivity contribution < 1.29 is 28.5 Å². The van der Waals surface area contributed by atoms with Crippen LogP contribution >= 0.6 is 15.9 Å². The van der Waals surface area contributed by atoms with Gasteiger partial charge in [-0.1, -0.05) is 11.2 Å². The summed E-state index contributed by atoms with van der Waals surface area (Å²) in [7, 11) is 1.27. The van der Waals surface area contributed by atoms with Gasteiger partial charge in [-0.15, -0.1) is 0 Å². The fourth-order valence-electron chi connectivity index (χ4n) is 2.16. The zero-order chi connectivity index (χ0) is 20.0. The summed E-state index contributed by atoms with van der Waals surface area (Å²) in [6.45, 7) is 3.41. The molecule has 10 heteroatoms. The van der Waals surface area contributed by atoms with Crippen LogP contribution in [0.25, 0.3) is 12.2 Å². The molecule has 0 saturated heterocycles. The van der Waals surface area contributed by atoms with Gasteiger partial charge in [-0.25, -0.2) is 4.79 Å². The Morgan fingerprint density at radius 2 is 2.11 bits per heavy atom. The Balaban J connectivity index is 2.33. The van der Waals surface area contributed by atoms with Gasteiger partial charge in [-0.05, 0) is 53.5 Å². The minimum atomic E-state index is -0.545. The summed E-state index contributed by atoms with van der Waals surface area (Å²) in [5.41, 5.74) is 0.676. The molecule has 1 aromatic heterocycles. The molecule has 0 bridgehead atoms. The molecule has 1 aromatic carbocycles. The number of carbonyl (C=O) groups is 1. The largest absolute Gasteiger partial charge is 0.490 e. The lowest BCUT2D eigenvalue weighted by molar-refractivity contribution is -0.386. The van der Waals surface area contributed by atoms with Gasteiger partial charge < -0.3 is 18.7 Å². The summed E-state index contributed by atoms with van der Waals surface area (Å²) in [6.07, 6.45) is 3.06. The highest BCUT2D eigenvalue weighted by atomic mass is 79.9. The third-order valence-corrected chi connectivity index (χ3v) is 3.95.